The Morgan fingerprint density at radius 3 is 2.73 bits per heavy atom. The van der Waals surface area contributed by atoms with Gasteiger partial charge in [-0.15, -0.1) is 0 Å². The quantitative estimate of drug-likeness (QED) is 0.347. The summed E-state index contributed by atoms with van der Waals surface area (Å²) in [5.74, 6) is -2.02. The monoisotopic (exact) mass is 477 g/mol. The molecule has 2 aromatic rings. The molecule has 0 spiro atoms. The predicted octanol–water partition coefficient (Wildman–Crippen LogP) is 2.55. The van der Waals surface area contributed by atoms with Crippen LogP contribution < -0.4 is 16.1 Å². The minimum Gasteiger partial charge on any atom is -0.389 e. The first-order chi connectivity index (χ1) is 12.4. The van der Waals surface area contributed by atoms with E-state index in [0.29, 0.717) is 3.57 Å². The van der Waals surface area contributed by atoms with Gasteiger partial charge in [-0.2, -0.15) is 0 Å². The Morgan fingerprint density at radius 2 is 2.04 bits per heavy atom. The average Bonchev–Trinajstić information content (AvgIpc) is 2.58. The average molecular weight is 477 g/mol. The zero-order chi connectivity index (χ0) is 19.1. The third-order valence-electron chi connectivity index (χ3n) is 3.33. The molecule has 0 bridgehead atoms. The van der Waals surface area contributed by atoms with Crippen LogP contribution in [0, 0.1) is 15.2 Å². The van der Waals surface area contributed by atoms with E-state index in [1.165, 1.54) is 24.3 Å². The van der Waals surface area contributed by atoms with Crippen LogP contribution in [0.5, 0.6) is 0 Å². The molecule has 2 rings (SSSR count). The molecule has 2 aromatic carbocycles. The summed E-state index contributed by atoms with van der Waals surface area (Å²) in [5, 5.41) is 14.9. The van der Waals surface area contributed by atoms with E-state index in [1.54, 1.807) is 13.1 Å². The molecule has 1 unspecified atom stereocenters. The number of nitrogens with one attached hydrogen (secondary N) is 3. The molecule has 1 amide bonds. The van der Waals surface area contributed by atoms with E-state index >= 15 is 0 Å². The molecule has 140 valence electrons. The summed E-state index contributed by atoms with van der Waals surface area (Å²) >= 11 is 1.96. The fraction of sp³-hybridized carbons (Fsp3) is 0.235. The molecular weight excluding hydrogens is 459 g/mol. The number of aliphatic hydroxyl groups excluding tert-OH is 1. The predicted molar refractivity (Wildman–Crippen MR) is 102 cm³/mol. The first kappa shape index (κ1) is 20.5. The summed E-state index contributed by atoms with van der Waals surface area (Å²) < 4.78 is 28.9. The van der Waals surface area contributed by atoms with Crippen LogP contribution in [-0.2, 0) is 4.84 Å². The Hall–Kier alpha value is -1.82. The van der Waals surface area contributed by atoms with E-state index in [9.17, 15) is 18.7 Å². The summed E-state index contributed by atoms with van der Waals surface area (Å²) in [6, 6.07) is 8.28. The number of rotatable bonds is 8. The number of likely N-dealkylation sites (N-methyl/N-ethyl adjacent to an activating group) is 1. The summed E-state index contributed by atoms with van der Waals surface area (Å²) in [5.41, 5.74) is 1.93. The van der Waals surface area contributed by atoms with Crippen molar-refractivity contribution >= 4 is 39.9 Å². The van der Waals surface area contributed by atoms with Gasteiger partial charge in [0.15, 0.2) is 0 Å². The first-order valence-electron chi connectivity index (χ1n) is 7.67. The number of halogens is 3. The smallest absolute Gasteiger partial charge is 0.277 e. The topological polar surface area (TPSA) is 82.6 Å². The SMILES string of the molecule is CNCC(O)CONC(=O)c1cccc(F)c1Nc1ccc(I)cc1F. The molecule has 6 nitrogen and oxygen atoms in total. The highest BCUT2D eigenvalue weighted by atomic mass is 127. The molecular formula is C17H18F2IN3O3. The molecule has 26 heavy (non-hydrogen) atoms. The lowest BCUT2D eigenvalue weighted by atomic mass is 10.1. The second kappa shape index (κ2) is 9.76. The van der Waals surface area contributed by atoms with E-state index < -0.39 is 23.6 Å². The molecule has 0 saturated carbocycles. The van der Waals surface area contributed by atoms with Crippen molar-refractivity contribution in [3.63, 3.8) is 0 Å². The number of para-hydroxylation sites is 1. The molecule has 0 radical (unpaired) electrons. The molecule has 0 saturated heterocycles. The first-order valence-corrected chi connectivity index (χ1v) is 8.75. The van der Waals surface area contributed by atoms with Gasteiger partial charge in [-0.3, -0.25) is 9.63 Å². The lowest BCUT2D eigenvalue weighted by Gasteiger charge is -2.15. The Bertz CT molecular complexity index is 777. The van der Waals surface area contributed by atoms with Crippen LogP contribution in [0.4, 0.5) is 20.2 Å². The van der Waals surface area contributed by atoms with Gasteiger partial charge >= 0.3 is 0 Å². The van der Waals surface area contributed by atoms with Gasteiger partial charge in [0.1, 0.15) is 18.2 Å². The zero-order valence-electron chi connectivity index (χ0n) is 13.9. The van der Waals surface area contributed by atoms with Crippen LogP contribution in [0.2, 0.25) is 0 Å². The maximum atomic E-state index is 14.2. The van der Waals surface area contributed by atoms with E-state index in [0.717, 1.165) is 6.07 Å². The third-order valence-corrected chi connectivity index (χ3v) is 4.00. The second-order valence-electron chi connectivity index (χ2n) is 5.37. The van der Waals surface area contributed by atoms with Crippen molar-refractivity contribution in [2.45, 2.75) is 6.10 Å². The van der Waals surface area contributed by atoms with Gasteiger partial charge in [0, 0.05) is 10.1 Å². The van der Waals surface area contributed by atoms with Crippen LogP contribution in [0.1, 0.15) is 10.4 Å². The van der Waals surface area contributed by atoms with Gasteiger partial charge < -0.3 is 15.7 Å². The van der Waals surface area contributed by atoms with Crippen LogP contribution in [-0.4, -0.2) is 37.3 Å². The number of hydrogen-bond acceptors (Lipinski definition) is 5. The fourth-order valence-corrected chi connectivity index (χ4v) is 2.57. The third kappa shape index (κ3) is 5.59. The number of hydrogen-bond donors (Lipinski definition) is 4. The van der Waals surface area contributed by atoms with Crippen molar-refractivity contribution in [2.24, 2.45) is 0 Å². The maximum absolute atomic E-state index is 14.2. The van der Waals surface area contributed by atoms with E-state index in [4.69, 9.17) is 4.84 Å². The number of anilines is 2. The largest absolute Gasteiger partial charge is 0.389 e. The zero-order valence-corrected chi connectivity index (χ0v) is 16.0. The van der Waals surface area contributed by atoms with Crippen LogP contribution in [0.15, 0.2) is 36.4 Å². The number of aliphatic hydroxyl groups is 1. The van der Waals surface area contributed by atoms with Crippen molar-refractivity contribution < 1.29 is 23.5 Å². The van der Waals surface area contributed by atoms with E-state index in [1.807, 2.05) is 22.6 Å². The Kier molecular flexibility index (Phi) is 7.69. The van der Waals surface area contributed by atoms with Gasteiger partial charge in [0.05, 0.1) is 23.0 Å². The van der Waals surface area contributed by atoms with Gasteiger partial charge in [0.25, 0.3) is 5.91 Å². The lowest BCUT2D eigenvalue weighted by molar-refractivity contribution is -0.0114. The minimum atomic E-state index is -0.814. The molecule has 4 N–H and O–H groups in total. The van der Waals surface area contributed by atoms with Crippen molar-refractivity contribution in [3.05, 3.63) is 57.2 Å². The highest BCUT2D eigenvalue weighted by Gasteiger charge is 2.17. The summed E-state index contributed by atoms with van der Waals surface area (Å²) in [4.78, 5) is 17.2. The molecule has 0 aliphatic heterocycles. The number of carbonyl (C=O) groups is 1. The van der Waals surface area contributed by atoms with E-state index in [2.05, 4.69) is 16.1 Å². The fourth-order valence-electron chi connectivity index (χ4n) is 2.12. The molecule has 0 heterocycles. The van der Waals surface area contributed by atoms with Gasteiger partial charge in [-0.25, -0.2) is 14.3 Å². The Labute approximate surface area is 163 Å². The van der Waals surface area contributed by atoms with Gasteiger partial charge in [-0.1, -0.05) is 6.07 Å². The minimum absolute atomic E-state index is 0.0370. The molecule has 0 fully saturated rings. The van der Waals surface area contributed by atoms with Crippen molar-refractivity contribution in [2.75, 3.05) is 25.5 Å². The number of benzene rings is 2. The Balaban J connectivity index is 2.14. The van der Waals surface area contributed by atoms with Crippen molar-refractivity contribution in [3.8, 4) is 0 Å². The highest BCUT2D eigenvalue weighted by Crippen LogP contribution is 2.27. The Morgan fingerprint density at radius 1 is 1.27 bits per heavy atom. The summed E-state index contributed by atoms with van der Waals surface area (Å²) in [7, 11) is 1.66. The molecule has 0 aliphatic carbocycles. The standard InChI is InChI=1S/C17H18F2IN3O3/c1-21-8-11(24)9-26-23-17(25)12-3-2-4-13(18)16(12)22-15-6-5-10(20)7-14(15)19/h2-7,11,21-22,24H,8-9H2,1H3,(H,23,25). The lowest BCUT2D eigenvalue weighted by Crippen LogP contribution is -2.33. The molecule has 9 heteroatoms. The van der Waals surface area contributed by atoms with Gasteiger partial charge in [-0.05, 0) is 60.0 Å². The molecule has 0 aromatic heterocycles. The van der Waals surface area contributed by atoms with Crippen molar-refractivity contribution in [1.29, 1.82) is 0 Å². The number of hydroxylamine groups is 1. The van der Waals surface area contributed by atoms with Crippen LogP contribution in [0.3, 0.4) is 0 Å². The highest BCUT2D eigenvalue weighted by molar-refractivity contribution is 14.1. The van der Waals surface area contributed by atoms with E-state index in [-0.39, 0.29) is 30.1 Å². The second-order valence-corrected chi connectivity index (χ2v) is 6.61. The maximum Gasteiger partial charge on any atom is 0.277 e. The van der Waals surface area contributed by atoms with Crippen molar-refractivity contribution in [1.82, 2.24) is 10.8 Å². The molecule has 0 aliphatic rings. The number of amides is 1. The summed E-state index contributed by atoms with van der Waals surface area (Å²) in [6.45, 7) is 0.144. The van der Waals surface area contributed by atoms with Crippen LogP contribution in [0.25, 0.3) is 0 Å². The number of carbonyl (C=O) groups excluding carboxylic acids is 1. The normalized spacial score (nSPS) is 11.9. The summed E-state index contributed by atoms with van der Waals surface area (Å²) in [6.07, 6.45) is -0.814. The van der Waals surface area contributed by atoms with Gasteiger partial charge in [0.2, 0.25) is 0 Å². The van der Waals surface area contributed by atoms with Crippen LogP contribution >= 0.6 is 22.6 Å². The molecule has 1 atom stereocenters.